The van der Waals surface area contributed by atoms with Crippen LogP contribution in [0, 0.1) is 0 Å². The van der Waals surface area contributed by atoms with Gasteiger partial charge in [0.05, 0.1) is 0 Å². The van der Waals surface area contributed by atoms with Crippen molar-refractivity contribution >= 4 is 6.34 Å². The number of hydrogen-bond acceptors (Lipinski definition) is 2. The summed E-state index contributed by atoms with van der Waals surface area (Å²) in [5.74, 6) is 0. The Morgan fingerprint density at radius 3 is 1.74 bits per heavy atom. The number of rotatable bonds is 6. The van der Waals surface area contributed by atoms with Crippen LogP contribution >= 0.6 is 0 Å². The van der Waals surface area contributed by atoms with Crippen molar-refractivity contribution < 1.29 is 4.58 Å². The van der Waals surface area contributed by atoms with E-state index in [-0.39, 0.29) is 0 Å². The van der Waals surface area contributed by atoms with Crippen LogP contribution in [-0.4, -0.2) is 34.1 Å². The Hall–Kier alpha value is -2.91. The molecule has 3 aromatic carbocycles. The highest BCUT2D eigenvalue weighted by Gasteiger charge is 2.23. The van der Waals surface area contributed by atoms with E-state index in [0.717, 1.165) is 33.0 Å². The molecule has 1 aliphatic rings. The van der Waals surface area contributed by atoms with E-state index in [1.54, 1.807) is 0 Å². The maximum atomic E-state index is 2.50. The van der Waals surface area contributed by atoms with Gasteiger partial charge in [-0.15, -0.1) is 0 Å². The van der Waals surface area contributed by atoms with Crippen molar-refractivity contribution in [2.24, 2.45) is 0 Å². The topological polar surface area (TPSA) is 9.49 Å². The van der Waals surface area contributed by atoms with Gasteiger partial charge in [0.25, 0.3) is 0 Å². The molecule has 0 amide bonds. The quantitative estimate of drug-likeness (QED) is 0.614. The van der Waals surface area contributed by atoms with Crippen molar-refractivity contribution in [2.75, 3.05) is 13.3 Å². The molecule has 0 bridgehead atoms. The average molecular weight is 356 g/mol. The van der Waals surface area contributed by atoms with Crippen molar-refractivity contribution in [2.45, 2.75) is 19.6 Å². The first-order chi connectivity index (χ1) is 13.3. The van der Waals surface area contributed by atoms with Gasteiger partial charge in [0.2, 0.25) is 6.34 Å². The summed E-state index contributed by atoms with van der Waals surface area (Å²) in [6.07, 6.45) is 2.29. The number of hydrogen-bond donors (Lipinski definition) is 0. The van der Waals surface area contributed by atoms with E-state index in [0.29, 0.717) is 0 Å². The van der Waals surface area contributed by atoms with Crippen LogP contribution in [0.2, 0.25) is 0 Å². The molecule has 3 heteroatoms. The molecule has 0 unspecified atom stereocenters. The Morgan fingerprint density at radius 2 is 1.15 bits per heavy atom. The van der Waals surface area contributed by atoms with Gasteiger partial charge in [0.1, 0.15) is 26.4 Å². The van der Waals surface area contributed by atoms with Gasteiger partial charge in [-0.2, -0.15) is 0 Å². The fraction of sp³-hybridized carbons (Fsp3) is 0.208. The van der Waals surface area contributed by atoms with E-state index in [2.05, 4.69) is 112 Å². The van der Waals surface area contributed by atoms with E-state index in [9.17, 15) is 0 Å². The zero-order valence-electron chi connectivity index (χ0n) is 15.6. The van der Waals surface area contributed by atoms with Gasteiger partial charge in [-0.1, -0.05) is 91.0 Å². The highest BCUT2D eigenvalue weighted by atomic mass is 15.4. The summed E-state index contributed by atoms with van der Waals surface area (Å²) in [5.41, 5.74) is 4.05. The second-order valence-electron chi connectivity index (χ2n) is 7.18. The summed E-state index contributed by atoms with van der Waals surface area (Å²) >= 11 is 0. The minimum absolute atomic E-state index is 0.928. The molecule has 3 nitrogen and oxygen atoms in total. The summed E-state index contributed by atoms with van der Waals surface area (Å²) in [4.78, 5) is 4.91. The average Bonchev–Trinajstić information content (AvgIpc) is 2.70. The molecule has 0 radical (unpaired) electrons. The summed E-state index contributed by atoms with van der Waals surface area (Å²) < 4.78 is 2.41. The summed E-state index contributed by atoms with van der Waals surface area (Å²) in [6.45, 7) is 4.70. The third-order valence-electron chi connectivity index (χ3n) is 4.80. The van der Waals surface area contributed by atoms with Crippen LogP contribution in [0.3, 0.4) is 0 Å². The maximum absolute atomic E-state index is 2.50. The lowest BCUT2D eigenvalue weighted by molar-refractivity contribution is -0.573. The van der Waals surface area contributed by atoms with Gasteiger partial charge in [0.15, 0.2) is 0 Å². The Morgan fingerprint density at radius 1 is 0.630 bits per heavy atom. The first-order valence-electron chi connectivity index (χ1n) is 9.52. The van der Waals surface area contributed by atoms with E-state index >= 15 is 0 Å². The Bertz CT molecular complexity index is 860. The molecule has 0 saturated heterocycles. The monoisotopic (exact) mass is 356 g/mol. The van der Waals surface area contributed by atoms with E-state index in [1.165, 1.54) is 16.7 Å². The maximum Gasteiger partial charge on any atom is 0.236 e. The molecule has 136 valence electrons. The van der Waals surface area contributed by atoms with Crippen LogP contribution in [-0.2, 0) is 19.6 Å². The lowest BCUT2D eigenvalue weighted by Crippen LogP contribution is -2.47. The lowest BCUT2D eigenvalue weighted by atomic mass is 10.2. The molecule has 0 fully saturated rings. The second kappa shape index (κ2) is 8.65. The molecule has 0 spiro atoms. The first-order valence-corrected chi connectivity index (χ1v) is 9.52. The van der Waals surface area contributed by atoms with Gasteiger partial charge in [-0.3, -0.25) is 9.48 Å². The SMILES string of the molecule is C1=[N+](Cc2ccccc2)CN(Cc2ccccc2)CN1Cc1ccccc1. The van der Waals surface area contributed by atoms with E-state index < -0.39 is 0 Å². The van der Waals surface area contributed by atoms with Crippen molar-refractivity contribution in [3.63, 3.8) is 0 Å². The predicted molar refractivity (Wildman–Crippen MR) is 110 cm³/mol. The molecule has 0 aliphatic carbocycles. The van der Waals surface area contributed by atoms with Crippen LogP contribution in [0.4, 0.5) is 0 Å². The second-order valence-corrected chi connectivity index (χ2v) is 7.18. The van der Waals surface area contributed by atoms with Crippen LogP contribution in [0.1, 0.15) is 16.7 Å². The van der Waals surface area contributed by atoms with E-state index in [1.807, 2.05) is 0 Å². The highest BCUT2D eigenvalue weighted by Crippen LogP contribution is 2.12. The molecule has 27 heavy (non-hydrogen) atoms. The fourth-order valence-electron chi connectivity index (χ4n) is 3.62. The van der Waals surface area contributed by atoms with Crippen molar-refractivity contribution in [1.29, 1.82) is 0 Å². The molecule has 0 N–H and O–H groups in total. The third-order valence-corrected chi connectivity index (χ3v) is 4.80. The van der Waals surface area contributed by atoms with Crippen LogP contribution in [0.15, 0.2) is 91.0 Å². The van der Waals surface area contributed by atoms with Crippen molar-refractivity contribution in [3.8, 4) is 0 Å². The third kappa shape index (κ3) is 5.05. The standard InChI is InChI=1S/C24H26N3/c1-4-10-22(11-5-1)16-25-19-26(17-23-12-6-2-7-13-23)21-27(20-25)18-24-14-8-3-9-15-24/h1-15,19H,16-18,20-21H2/q+1. The summed E-state index contributed by atoms with van der Waals surface area (Å²) in [7, 11) is 0. The number of nitrogens with zero attached hydrogens (tertiary/aromatic N) is 3. The highest BCUT2D eigenvalue weighted by molar-refractivity contribution is 5.49. The van der Waals surface area contributed by atoms with Crippen LogP contribution in [0.25, 0.3) is 0 Å². The predicted octanol–water partition coefficient (Wildman–Crippen LogP) is 4.16. The van der Waals surface area contributed by atoms with Gasteiger partial charge < -0.3 is 0 Å². The molecule has 0 saturated carbocycles. The smallest absolute Gasteiger partial charge is 0.236 e. The molecule has 0 atom stereocenters. The number of benzene rings is 3. The molecule has 1 heterocycles. The molecule has 1 aliphatic heterocycles. The molecule has 4 rings (SSSR count). The minimum Gasteiger partial charge on any atom is -0.251 e. The largest absolute Gasteiger partial charge is 0.251 e. The van der Waals surface area contributed by atoms with Crippen LogP contribution < -0.4 is 0 Å². The normalized spacial score (nSPS) is 14.8. The van der Waals surface area contributed by atoms with Gasteiger partial charge in [-0.05, 0) is 16.7 Å². The Kier molecular flexibility index (Phi) is 5.61. The minimum atomic E-state index is 0.928. The lowest BCUT2D eigenvalue weighted by Gasteiger charge is -2.30. The van der Waals surface area contributed by atoms with Crippen LogP contribution in [0.5, 0.6) is 0 Å². The summed E-state index contributed by atoms with van der Waals surface area (Å²) in [6, 6.07) is 32.1. The van der Waals surface area contributed by atoms with Crippen molar-refractivity contribution in [1.82, 2.24) is 9.80 Å². The van der Waals surface area contributed by atoms with Gasteiger partial charge in [0, 0.05) is 6.54 Å². The molecule has 0 aromatic heterocycles. The van der Waals surface area contributed by atoms with E-state index in [4.69, 9.17) is 0 Å². The first kappa shape index (κ1) is 17.5. The molecular weight excluding hydrogens is 330 g/mol. The Balaban J connectivity index is 1.52. The van der Waals surface area contributed by atoms with Gasteiger partial charge >= 0.3 is 0 Å². The summed E-state index contributed by atoms with van der Waals surface area (Å²) in [5, 5.41) is 0. The zero-order valence-corrected chi connectivity index (χ0v) is 15.6. The molecular formula is C24H26N3+. The van der Waals surface area contributed by atoms with Gasteiger partial charge in [-0.25, -0.2) is 4.90 Å². The fourth-order valence-corrected chi connectivity index (χ4v) is 3.62. The zero-order chi connectivity index (χ0) is 18.3. The molecule has 3 aromatic rings. The van der Waals surface area contributed by atoms with Crippen molar-refractivity contribution in [3.05, 3.63) is 108 Å². The Labute approximate surface area is 161 Å².